The third kappa shape index (κ3) is 5.26. The second kappa shape index (κ2) is 9.53. The lowest BCUT2D eigenvalue weighted by atomic mass is 10.3. The van der Waals surface area contributed by atoms with Gasteiger partial charge in [0.1, 0.15) is 5.69 Å². The zero-order valence-electron chi connectivity index (χ0n) is 18.5. The Morgan fingerprint density at radius 2 is 1.76 bits per heavy atom. The van der Waals surface area contributed by atoms with Gasteiger partial charge in [0.05, 0.1) is 0 Å². The third-order valence-electron chi connectivity index (χ3n) is 5.12. The number of H-pyrrole nitrogens is 1. The van der Waals surface area contributed by atoms with Crippen LogP contribution in [-0.2, 0) is 0 Å². The molecule has 0 unspecified atom stereocenters. The molecule has 2 amide bonds. The minimum Gasteiger partial charge on any atom is -0.338 e. The Labute approximate surface area is 195 Å². The van der Waals surface area contributed by atoms with E-state index < -0.39 is 0 Å². The van der Waals surface area contributed by atoms with Gasteiger partial charge in [-0.15, -0.1) is 0 Å². The number of pyridine rings is 1. The van der Waals surface area contributed by atoms with E-state index >= 15 is 0 Å². The van der Waals surface area contributed by atoms with Crippen LogP contribution in [0.1, 0.15) is 31.4 Å². The average molecular weight is 457 g/mol. The molecule has 1 aromatic carbocycles. The first-order valence-electron chi connectivity index (χ1n) is 11.1. The molecule has 0 bridgehead atoms. The number of hydrogen-bond acceptors (Lipinski definition) is 8. The zero-order chi connectivity index (χ0) is 23.3. The Balaban J connectivity index is 1.38. The minimum atomic E-state index is -0.250. The molecule has 3 heterocycles. The molecule has 1 fully saturated rings. The van der Waals surface area contributed by atoms with Gasteiger partial charge in [-0.2, -0.15) is 20.1 Å². The van der Waals surface area contributed by atoms with Crippen molar-refractivity contribution < 1.29 is 4.79 Å². The molecule has 1 saturated carbocycles. The van der Waals surface area contributed by atoms with Gasteiger partial charge >= 0.3 is 6.03 Å². The van der Waals surface area contributed by atoms with Crippen molar-refractivity contribution >= 4 is 35.1 Å². The number of carbonyl (C=O) groups excluding carboxylic acids is 1. The van der Waals surface area contributed by atoms with Gasteiger partial charge in [0.25, 0.3) is 0 Å². The van der Waals surface area contributed by atoms with E-state index in [1.54, 1.807) is 18.3 Å². The molecule has 0 atom stereocenters. The quantitative estimate of drug-likeness (QED) is 0.266. The number of amides is 2. The number of carbonyl (C=O) groups is 1. The van der Waals surface area contributed by atoms with Gasteiger partial charge in [-0.25, -0.2) is 4.79 Å². The van der Waals surface area contributed by atoms with Crippen molar-refractivity contribution in [3.8, 4) is 11.5 Å². The molecular weight excluding hydrogens is 432 g/mol. The van der Waals surface area contributed by atoms with Gasteiger partial charge in [-0.3, -0.25) is 10.1 Å². The molecule has 11 nitrogen and oxygen atoms in total. The lowest BCUT2D eigenvalue weighted by Crippen LogP contribution is -2.28. The SMILES string of the molecule is CCNC(=O)Nc1ccc(Nc2nc(Nc3cc(C4CC4)[nH]n3)nc(-c3ccccn3)n2)cc1. The monoisotopic (exact) mass is 456 g/mol. The van der Waals surface area contributed by atoms with E-state index in [-0.39, 0.29) is 6.03 Å². The number of rotatable bonds is 8. The van der Waals surface area contributed by atoms with E-state index in [4.69, 9.17) is 0 Å². The van der Waals surface area contributed by atoms with Crippen LogP contribution in [0, 0.1) is 0 Å². The first kappa shape index (κ1) is 21.3. The lowest BCUT2D eigenvalue weighted by Gasteiger charge is -2.10. The minimum absolute atomic E-state index is 0.250. The molecule has 172 valence electrons. The molecule has 0 spiro atoms. The zero-order valence-corrected chi connectivity index (χ0v) is 18.5. The van der Waals surface area contributed by atoms with Crippen LogP contribution in [0.15, 0.2) is 54.7 Å². The first-order valence-corrected chi connectivity index (χ1v) is 11.1. The van der Waals surface area contributed by atoms with Crippen LogP contribution < -0.4 is 21.3 Å². The largest absolute Gasteiger partial charge is 0.338 e. The number of aromatic nitrogens is 6. The van der Waals surface area contributed by atoms with E-state index in [1.807, 2.05) is 43.3 Å². The van der Waals surface area contributed by atoms with E-state index in [2.05, 4.69) is 51.4 Å². The summed E-state index contributed by atoms with van der Waals surface area (Å²) in [7, 11) is 0. The summed E-state index contributed by atoms with van der Waals surface area (Å²) in [5.74, 6) is 2.33. The number of nitrogens with zero attached hydrogens (tertiary/aromatic N) is 5. The maximum absolute atomic E-state index is 11.7. The van der Waals surface area contributed by atoms with E-state index in [9.17, 15) is 4.79 Å². The fourth-order valence-electron chi connectivity index (χ4n) is 3.32. The van der Waals surface area contributed by atoms with Crippen LogP contribution in [0.2, 0.25) is 0 Å². The van der Waals surface area contributed by atoms with Crippen molar-refractivity contribution in [1.29, 1.82) is 0 Å². The Bertz CT molecular complexity index is 1270. The van der Waals surface area contributed by atoms with Crippen LogP contribution in [0.5, 0.6) is 0 Å². The molecule has 0 saturated heterocycles. The molecule has 5 rings (SSSR count). The maximum Gasteiger partial charge on any atom is 0.319 e. The smallest absolute Gasteiger partial charge is 0.319 e. The van der Waals surface area contributed by atoms with Gasteiger partial charge in [0.2, 0.25) is 11.9 Å². The van der Waals surface area contributed by atoms with Crippen LogP contribution in [0.3, 0.4) is 0 Å². The van der Waals surface area contributed by atoms with Crippen molar-refractivity contribution in [3.63, 3.8) is 0 Å². The molecule has 3 aromatic heterocycles. The molecule has 0 radical (unpaired) electrons. The number of aromatic amines is 1. The van der Waals surface area contributed by atoms with Crippen LogP contribution >= 0.6 is 0 Å². The van der Waals surface area contributed by atoms with Crippen molar-refractivity contribution in [2.24, 2.45) is 0 Å². The van der Waals surface area contributed by atoms with Crippen molar-refractivity contribution in [1.82, 2.24) is 35.5 Å². The third-order valence-corrected chi connectivity index (χ3v) is 5.12. The van der Waals surface area contributed by atoms with E-state index in [0.29, 0.717) is 47.4 Å². The highest BCUT2D eigenvalue weighted by atomic mass is 16.2. The highest BCUT2D eigenvalue weighted by molar-refractivity contribution is 5.89. The summed E-state index contributed by atoms with van der Waals surface area (Å²) in [6, 6.07) is 14.5. The number of hydrogen-bond donors (Lipinski definition) is 5. The highest BCUT2D eigenvalue weighted by Crippen LogP contribution is 2.39. The van der Waals surface area contributed by atoms with Crippen molar-refractivity contribution in [2.45, 2.75) is 25.7 Å². The van der Waals surface area contributed by atoms with E-state index in [0.717, 1.165) is 11.4 Å². The Morgan fingerprint density at radius 3 is 2.47 bits per heavy atom. The second-order valence-electron chi connectivity index (χ2n) is 7.82. The summed E-state index contributed by atoms with van der Waals surface area (Å²) in [5, 5.41) is 19.2. The second-order valence-corrected chi connectivity index (χ2v) is 7.82. The maximum atomic E-state index is 11.7. The molecule has 11 heteroatoms. The lowest BCUT2D eigenvalue weighted by molar-refractivity contribution is 0.252. The standard InChI is InChI=1S/C23H24N10O/c1-2-24-23(34)27-16-10-8-15(9-11-16)26-21-29-20(17-5-3-4-12-25-17)30-22(31-21)28-19-13-18(32-33-19)14-6-7-14/h3-5,8-14H,2,6-7H2,1H3,(H2,24,27,34)(H3,26,28,29,30,31,32,33). The normalized spacial score (nSPS) is 12.7. The summed E-state index contributed by atoms with van der Waals surface area (Å²) in [6.07, 6.45) is 4.06. The Kier molecular flexibility index (Phi) is 5.97. The Hall–Kier alpha value is -4.54. The highest BCUT2D eigenvalue weighted by Gasteiger charge is 2.25. The summed E-state index contributed by atoms with van der Waals surface area (Å²) >= 11 is 0. The molecule has 5 N–H and O–H groups in total. The molecule has 34 heavy (non-hydrogen) atoms. The number of anilines is 5. The van der Waals surface area contributed by atoms with Crippen LogP contribution in [0.25, 0.3) is 11.5 Å². The van der Waals surface area contributed by atoms with Gasteiger partial charge in [0, 0.05) is 41.8 Å². The van der Waals surface area contributed by atoms with Crippen molar-refractivity contribution in [2.75, 3.05) is 22.5 Å². The number of nitrogens with one attached hydrogen (secondary N) is 5. The van der Waals surface area contributed by atoms with Gasteiger partial charge in [0.15, 0.2) is 11.6 Å². The van der Waals surface area contributed by atoms with Crippen LogP contribution in [-0.4, -0.2) is 42.7 Å². The van der Waals surface area contributed by atoms with Crippen molar-refractivity contribution in [3.05, 3.63) is 60.4 Å². The Morgan fingerprint density at radius 1 is 1.00 bits per heavy atom. The number of urea groups is 1. The summed E-state index contributed by atoms with van der Waals surface area (Å²) in [4.78, 5) is 29.6. The topological polar surface area (TPSA) is 145 Å². The summed E-state index contributed by atoms with van der Waals surface area (Å²) in [5.41, 5.74) is 3.16. The summed E-state index contributed by atoms with van der Waals surface area (Å²) in [6.45, 7) is 2.42. The molecule has 1 aliphatic carbocycles. The van der Waals surface area contributed by atoms with Gasteiger partial charge in [-0.05, 0) is 56.2 Å². The van der Waals surface area contributed by atoms with Gasteiger partial charge < -0.3 is 21.3 Å². The van der Waals surface area contributed by atoms with Crippen LogP contribution in [0.4, 0.5) is 33.9 Å². The molecule has 4 aromatic rings. The summed E-state index contributed by atoms with van der Waals surface area (Å²) < 4.78 is 0. The predicted octanol–water partition coefficient (Wildman–Crippen LogP) is 4.16. The van der Waals surface area contributed by atoms with E-state index in [1.165, 1.54) is 12.8 Å². The number of benzene rings is 1. The molecule has 0 aliphatic heterocycles. The first-order chi connectivity index (χ1) is 16.7. The van der Waals surface area contributed by atoms with Gasteiger partial charge in [-0.1, -0.05) is 6.07 Å². The average Bonchev–Trinajstić information content (AvgIpc) is 3.60. The fraction of sp³-hybridized carbons (Fsp3) is 0.217. The molecule has 1 aliphatic rings. The fourth-order valence-corrected chi connectivity index (χ4v) is 3.32. The predicted molar refractivity (Wildman–Crippen MR) is 129 cm³/mol. The molecular formula is C23H24N10O.